The molecule has 3 nitrogen and oxygen atoms in total. The van der Waals surface area contributed by atoms with E-state index in [4.69, 9.17) is 4.98 Å². The predicted octanol–water partition coefficient (Wildman–Crippen LogP) is 2.71. The lowest BCUT2D eigenvalue weighted by Gasteiger charge is -2.26. The van der Waals surface area contributed by atoms with E-state index in [1.54, 1.807) is 0 Å². The fourth-order valence-corrected chi connectivity index (χ4v) is 4.29. The predicted molar refractivity (Wildman–Crippen MR) is 84.7 cm³/mol. The van der Waals surface area contributed by atoms with Crippen molar-refractivity contribution in [3.05, 3.63) is 34.7 Å². The minimum absolute atomic E-state index is 1.07. The Kier molecular flexibility index (Phi) is 3.20. The monoisotopic (exact) mass is 285 g/mol. The van der Waals surface area contributed by atoms with Crippen LogP contribution in [0.1, 0.15) is 16.9 Å². The van der Waals surface area contributed by atoms with Gasteiger partial charge in [0.25, 0.3) is 0 Å². The highest BCUT2D eigenvalue weighted by atomic mass is 32.1. The minimum atomic E-state index is 1.07. The molecule has 0 radical (unpaired) electrons. The Balaban J connectivity index is 1.75. The molecule has 1 aromatic heterocycles. The Morgan fingerprint density at radius 3 is 2.85 bits per heavy atom. The number of rotatable bonds is 1. The van der Waals surface area contributed by atoms with Crippen molar-refractivity contribution in [3.63, 3.8) is 0 Å². The smallest absolute Gasteiger partial charge is 0.186 e. The van der Waals surface area contributed by atoms with Gasteiger partial charge in [0.15, 0.2) is 5.13 Å². The number of aryl methyl sites for hydroxylation is 2. The van der Waals surface area contributed by atoms with Crippen LogP contribution in [0.2, 0.25) is 0 Å². The van der Waals surface area contributed by atoms with Crippen molar-refractivity contribution in [2.75, 3.05) is 31.1 Å². The van der Waals surface area contributed by atoms with Crippen molar-refractivity contribution in [1.29, 1.82) is 0 Å². The molecule has 20 heavy (non-hydrogen) atoms. The Hall–Kier alpha value is -1.39. The molecule has 0 saturated carbocycles. The van der Waals surface area contributed by atoms with Gasteiger partial charge in [0.1, 0.15) is 0 Å². The molecular formula is C16H19N3S. The number of piperazine rings is 1. The topological polar surface area (TPSA) is 28.2 Å². The van der Waals surface area contributed by atoms with E-state index in [0.717, 1.165) is 26.2 Å². The second kappa shape index (κ2) is 5.19. The lowest BCUT2D eigenvalue weighted by molar-refractivity contribution is 0.588. The quantitative estimate of drug-likeness (QED) is 0.873. The summed E-state index contributed by atoms with van der Waals surface area (Å²) in [6, 6.07) is 8.78. The number of aromatic nitrogens is 1. The van der Waals surface area contributed by atoms with Gasteiger partial charge in [-0.05, 0) is 24.8 Å². The fourth-order valence-electron chi connectivity index (χ4n) is 3.12. The maximum Gasteiger partial charge on any atom is 0.186 e. The number of nitrogens with zero attached hydrogens (tertiary/aromatic N) is 2. The highest BCUT2D eigenvalue weighted by Gasteiger charge is 2.22. The second-order valence-electron chi connectivity index (χ2n) is 5.52. The van der Waals surface area contributed by atoms with Crippen LogP contribution >= 0.6 is 11.3 Å². The minimum Gasteiger partial charge on any atom is -0.346 e. The van der Waals surface area contributed by atoms with Gasteiger partial charge in [0.2, 0.25) is 0 Å². The van der Waals surface area contributed by atoms with Gasteiger partial charge in [-0.25, -0.2) is 4.98 Å². The van der Waals surface area contributed by atoms with E-state index in [1.807, 2.05) is 11.3 Å². The standard InChI is InChI=1S/C16H19N3S/c1-2-6-13-12(4-1)5-3-7-14-15(13)18-16(20-14)19-10-8-17-9-11-19/h1-2,4,6,17H,3,5,7-11H2. The van der Waals surface area contributed by atoms with Gasteiger partial charge in [0.05, 0.1) is 5.69 Å². The summed E-state index contributed by atoms with van der Waals surface area (Å²) in [5, 5.41) is 4.62. The number of hydrogen-bond acceptors (Lipinski definition) is 4. The van der Waals surface area contributed by atoms with Crippen LogP contribution in [0, 0.1) is 0 Å². The van der Waals surface area contributed by atoms with E-state index in [2.05, 4.69) is 34.5 Å². The molecule has 1 aliphatic heterocycles. The largest absolute Gasteiger partial charge is 0.346 e. The SMILES string of the molecule is c1ccc2c(c1)CCCc1sc(N3CCNCC3)nc1-2. The number of thiazole rings is 1. The summed E-state index contributed by atoms with van der Waals surface area (Å²) < 4.78 is 0. The van der Waals surface area contributed by atoms with Crippen LogP contribution in [-0.2, 0) is 12.8 Å². The van der Waals surface area contributed by atoms with Crippen molar-refractivity contribution in [2.45, 2.75) is 19.3 Å². The molecule has 1 fully saturated rings. The maximum atomic E-state index is 4.99. The van der Waals surface area contributed by atoms with Crippen molar-refractivity contribution in [2.24, 2.45) is 0 Å². The lowest BCUT2D eigenvalue weighted by Crippen LogP contribution is -2.43. The molecule has 1 aliphatic carbocycles. The van der Waals surface area contributed by atoms with Gasteiger partial charge in [-0.2, -0.15) is 0 Å². The van der Waals surface area contributed by atoms with Crippen LogP contribution < -0.4 is 10.2 Å². The number of benzene rings is 1. The number of hydrogen-bond donors (Lipinski definition) is 1. The average molecular weight is 285 g/mol. The summed E-state index contributed by atoms with van der Waals surface area (Å²) in [6.45, 7) is 4.30. The first kappa shape index (κ1) is 12.4. The van der Waals surface area contributed by atoms with Gasteiger partial charge in [-0.3, -0.25) is 0 Å². The highest BCUT2D eigenvalue weighted by Crippen LogP contribution is 2.38. The molecule has 1 N–H and O–H groups in total. The van der Waals surface area contributed by atoms with E-state index in [-0.39, 0.29) is 0 Å². The fraction of sp³-hybridized carbons (Fsp3) is 0.438. The molecule has 0 amide bonds. The van der Waals surface area contributed by atoms with E-state index in [9.17, 15) is 0 Å². The third kappa shape index (κ3) is 2.13. The van der Waals surface area contributed by atoms with E-state index in [0.29, 0.717) is 0 Å². The normalized spacial score (nSPS) is 18.3. The summed E-state index contributed by atoms with van der Waals surface area (Å²) >= 11 is 1.91. The average Bonchev–Trinajstić information content (AvgIpc) is 2.85. The summed E-state index contributed by atoms with van der Waals surface area (Å²) in [5.74, 6) is 0. The molecular weight excluding hydrogens is 266 g/mol. The van der Waals surface area contributed by atoms with Crippen LogP contribution in [0.25, 0.3) is 11.3 Å². The van der Waals surface area contributed by atoms with Gasteiger partial charge in [-0.15, -0.1) is 11.3 Å². The molecule has 0 spiro atoms. The van der Waals surface area contributed by atoms with Crippen molar-refractivity contribution < 1.29 is 0 Å². The van der Waals surface area contributed by atoms with Crippen molar-refractivity contribution in [3.8, 4) is 11.3 Å². The number of nitrogens with one attached hydrogen (secondary N) is 1. The Bertz CT molecular complexity index is 614. The van der Waals surface area contributed by atoms with Crippen LogP contribution in [-0.4, -0.2) is 31.2 Å². The lowest BCUT2D eigenvalue weighted by atomic mass is 10.0. The molecule has 0 atom stereocenters. The van der Waals surface area contributed by atoms with E-state index in [1.165, 1.54) is 46.1 Å². The summed E-state index contributed by atoms with van der Waals surface area (Å²) in [5.41, 5.74) is 4.07. The van der Waals surface area contributed by atoms with Gasteiger partial charge >= 0.3 is 0 Å². The summed E-state index contributed by atoms with van der Waals surface area (Å²) in [7, 11) is 0. The van der Waals surface area contributed by atoms with Gasteiger partial charge in [-0.1, -0.05) is 24.3 Å². The molecule has 1 saturated heterocycles. The van der Waals surface area contributed by atoms with Crippen LogP contribution in [0.15, 0.2) is 24.3 Å². The van der Waals surface area contributed by atoms with Crippen molar-refractivity contribution >= 4 is 16.5 Å². The Morgan fingerprint density at radius 2 is 1.95 bits per heavy atom. The van der Waals surface area contributed by atoms with Gasteiger partial charge < -0.3 is 10.2 Å². The first-order valence-corrected chi connectivity index (χ1v) is 8.27. The Labute approximate surface area is 123 Å². The summed E-state index contributed by atoms with van der Waals surface area (Å²) in [6.07, 6.45) is 3.60. The third-order valence-corrected chi connectivity index (χ3v) is 5.37. The van der Waals surface area contributed by atoms with E-state index >= 15 is 0 Å². The summed E-state index contributed by atoms with van der Waals surface area (Å²) in [4.78, 5) is 8.90. The maximum absolute atomic E-state index is 4.99. The number of anilines is 1. The zero-order chi connectivity index (χ0) is 13.4. The second-order valence-corrected chi connectivity index (χ2v) is 6.58. The Morgan fingerprint density at radius 1 is 1.10 bits per heavy atom. The third-order valence-electron chi connectivity index (χ3n) is 4.20. The van der Waals surface area contributed by atoms with Crippen LogP contribution in [0.3, 0.4) is 0 Å². The molecule has 4 heteroatoms. The van der Waals surface area contributed by atoms with Crippen LogP contribution in [0.5, 0.6) is 0 Å². The van der Waals surface area contributed by atoms with E-state index < -0.39 is 0 Å². The first-order chi connectivity index (χ1) is 9.92. The zero-order valence-corrected chi connectivity index (χ0v) is 12.4. The molecule has 0 unspecified atom stereocenters. The van der Waals surface area contributed by atoms with Gasteiger partial charge in [0, 0.05) is 36.6 Å². The molecule has 1 aromatic carbocycles. The molecule has 2 heterocycles. The first-order valence-electron chi connectivity index (χ1n) is 7.45. The molecule has 4 rings (SSSR count). The highest BCUT2D eigenvalue weighted by molar-refractivity contribution is 7.16. The molecule has 104 valence electrons. The number of fused-ring (bicyclic) bond motifs is 3. The molecule has 2 aromatic rings. The molecule has 0 bridgehead atoms. The van der Waals surface area contributed by atoms with Crippen molar-refractivity contribution in [1.82, 2.24) is 10.3 Å². The molecule has 2 aliphatic rings. The zero-order valence-electron chi connectivity index (χ0n) is 11.6. The van der Waals surface area contributed by atoms with Crippen LogP contribution in [0.4, 0.5) is 5.13 Å².